The number of nitrogens with zero attached hydrogens (tertiary/aromatic N) is 6. The zero-order valence-corrected chi connectivity index (χ0v) is 15.7. The van der Waals surface area contributed by atoms with Gasteiger partial charge in [0.2, 0.25) is 0 Å². The van der Waals surface area contributed by atoms with Crippen LogP contribution in [0.3, 0.4) is 0 Å². The Morgan fingerprint density at radius 1 is 1.19 bits per heavy atom. The summed E-state index contributed by atoms with van der Waals surface area (Å²) in [5.41, 5.74) is 3.50. The van der Waals surface area contributed by atoms with E-state index in [0.717, 1.165) is 24.0 Å². The van der Waals surface area contributed by atoms with E-state index in [1.54, 1.807) is 6.20 Å². The van der Waals surface area contributed by atoms with Crippen LogP contribution >= 0.6 is 0 Å². The molecule has 0 saturated carbocycles. The molecule has 0 aliphatic carbocycles. The van der Waals surface area contributed by atoms with Crippen LogP contribution in [0.1, 0.15) is 24.4 Å². The van der Waals surface area contributed by atoms with Gasteiger partial charge in [0.15, 0.2) is 0 Å². The molecule has 1 aliphatic rings. The first-order valence-electron chi connectivity index (χ1n) is 9.22. The number of rotatable bonds is 4. The van der Waals surface area contributed by atoms with E-state index in [0.29, 0.717) is 12.0 Å². The maximum Gasteiger partial charge on any atom is 0.0753 e. The lowest BCUT2D eigenvalue weighted by Gasteiger charge is -2.41. The van der Waals surface area contributed by atoms with Gasteiger partial charge in [-0.1, -0.05) is 0 Å². The zero-order chi connectivity index (χ0) is 18.1. The molecule has 1 fully saturated rings. The van der Waals surface area contributed by atoms with Gasteiger partial charge in [-0.05, 0) is 44.5 Å². The Bertz CT molecular complexity index is 883. The highest BCUT2D eigenvalue weighted by Gasteiger charge is 2.32. The van der Waals surface area contributed by atoms with Gasteiger partial charge in [0.05, 0.1) is 11.7 Å². The van der Waals surface area contributed by atoms with Gasteiger partial charge < -0.3 is 4.90 Å². The third kappa shape index (κ3) is 3.17. The van der Waals surface area contributed by atoms with Gasteiger partial charge in [-0.3, -0.25) is 19.5 Å². The third-order valence-electron chi connectivity index (χ3n) is 5.51. The Balaban J connectivity index is 1.61. The van der Waals surface area contributed by atoms with Crippen LogP contribution in [0.5, 0.6) is 0 Å². The quantitative estimate of drug-likeness (QED) is 0.724. The molecule has 6 heteroatoms. The molecule has 1 aliphatic heterocycles. The first-order valence-corrected chi connectivity index (χ1v) is 9.22. The van der Waals surface area contributed by atoms with Crippen LogP contribution in [0.25, 0.3) is 10.9 Å². The molecule has 4 rings (SSSR count). The summed E-state index contributed by atoms with van der Waals surface area (Å²) >= 11 is 0. The summed E-state index contributed by atoms with van der Waals surface area (Å²) in [6.45, 7) is 2.14. The van der Waals surface area contributed by atoms with Crippen molar-refractivity contribution in [2.75, 3.05) is 32.1 Å². The van der Waals surface area contributed by atoms with Gasteiger partial charge in [-0.15, -0.1) is 0 Å². The van der Waals surface area contributed by atoms with Crippen molar-refractivity contribution in [1.29, 1.82) is 0 Å². The summed E-state index contributed by atoms with van der Waals surface area (Å²) in [6, 6.07) is 4.47. The Morgan fingerprint density at radius 3 is 2.88 bits per heavy atom. The van der Waals surface area contributed by atoms with E-state index in [-0.39, 0.29) is 0 Å². The fourth-order valence-corrected chi connectivity index (χ4v) is 4.33. The first kappa shape index (κ1) is 17.0. The van der Waals surface area contributed by atoms with Gasteiger partial charge in [0.1, 0.15) is 0 Å². The molecule has 0 radical (unpaired) electrons. The molecule has 3 aromatic heterocycles. The highest BCUT2D eigenvalue weighted by Crippen LogP contribution is 2.36. The van der Waals surface area contributed by atoms with Crippen LogP contribution in [0.2, 0.25) is 0 Å². The number of anilines is 1. The molecule has 0 aromatic carbocycles. The molecular weight excluding hydrogens is 324 g/mol. The summed E-state index contributed by atoms with van der Waals surface area (Å²) < 4.78 is 1.90. The lowest BCUT2D eigenvalue weighted by atomic mass is 9.85. The van der Waals surface area contributed by atoms with Crippen molar-refractivity contribution >= 4 is 16.6 Å². The lowest BCUT2D eigenvalue weighted by Crippen LogP contribution is -2.41. The second-order valence-electron chi connectivity index (χ2n) is 7.38. The Morgan fingerprint density at radius 2 is 2.08 bits per heavy atom. The molecule has 0 bridgehead atoms. The Hall–Kier alpha value is -2.47. The summed E-state index contributed by atoms with van der Waals surface area (Å²) in [5, 5.41) is 5.51. The van der Waals surface area contributed by atoms with Crippen molar-refractivity contribution in [1.82, 2.24) is 24.6 Å². The van der Waals surface area contributed by atoms with E-state index in [2.05, 4.69) is 51.2 Å². The van der Waals surface area contributed by atoms with Crippen LogP contribution in [-0.4, -0.2) is 51.8 Å². The molecule has 4 heterocycles. The minimum absolute atomic E-state index is 0.408. The molecule has 3 aromatic rings. The fourth-order valence-electron chi connectivity index (χ4n) is 4.33. The van der Waals surface area contributed by atoms with Crippen molar-refractivity contribution < 1.29 is 0 Å². The van der Waals surface area contributed by atoms with Crippen molar-refractivity contribution in [2.24, 2.45) is 13.0 Å². The number of fused-ring (bicyclic) bond motifs is 1. The number of aromatic nitrogens is 4. The van der Waals surface area contributed by atoms with Gasteiger partial charge in [0, 0.05) is 68.1 Å². The predicted molar refractivity (Wildman–Crippen MR) is 104 cm³/mol. The largest absolute Gasteiger partial charge is 0.374 e. The average Bonchev–Trinajstić information content (AvgIpc) is 3.07. The number of hydrogen-bond donors (Lipinski definition) is 0. The molecule has 136 valence electrons. The number of piperidine rings is 1. The number of hydrogen-bond acceptors (Lipinski definition) is 5. The molecule has 0 N–H and O–H groups in total. The van der Waals surface area contributed by atoms with E-state index in [4.69, 9.17) is 0 Å². The van der Waals surface area contributed by atoms with Crippen LogP contribution in [0.15, 0.2) is 43.1 Å². The van der Waals surface area contributed by atoms with E-state index in [9.17, 15) is 0 Å². The van der Waals surface area contributed by atoms with Gasteiger partial charge in [0.25, 0.3) is 0 Å². The second kappa shape index (κ2) is 7.03. The molecule has 0 amide bonds. The minimum atomic E-state index is 0.408. The van der Waals surface area contributed by atoms with Crippen LogP contribution in [-0.2, 0) is 7.05 Å². The summed E-state index contributed by atoms with van der Waals surface area (Å²) in [7, 11) is 6.40. The van der Waals surface area contributed by atoms with E-state index in [1.807, 2.05) is 36.4 Å². The average molecular weight is 350 g/mol. The Kier molecular flexibility index (Phi) is 4.59. The maximum atomic E-state index is 4.46. The smallest absolute Gasteiger partial charge is 0.0753 e. The molecule has 2 atom stereocenters. The van der Waals surface area contributed by atoms with Crippen molar-refractivity contribution in [2.45, 2.75) is 18.9 Å². The number of likely N-dealkylation sites (tertiary alicyclic amines) is 1. The monoisotopic (exact) mass is 350 g/mol. The molecule has 1 saturated heterocycles. The summed E-state index contributed by atoms with van der Waals surface area (Å²) in [6.07, 6.45) is 12.3. The van der Waals surface area contributed by atoms with E-state index in [1.165, 1.54) is 24.1 Å². The van der Waals surface area contributed by atoms with Gasteiger partial charge in [-0.25, -0.2) is 0 Å². The van der Waals surface area contributed by atoms with Crippen LogP contribution < -0.4 is 4.90 Å². The summed E-state index contributed by atoms with van der Waals surface area (Å²) in [4.78, 5) is 13.6. The maximum absolute atomic E-state index is 4.46. The van der Waals surface area contributed by atoms with Crippen LogP contribution in [0, 0.1) is 5.92 Å². The van der Waals surface area contributed by atoms with E-state index >= 15 is 0 Å². The van der Waals surface area contributed by atoms with Gasteiger partial charge >= 0.3 is 0 Å². The fraction of sp³-hybridized carbons (Fsp3) is 0.450. The molecular formula is C20H26N6. The molecule has 26 heavy (non-hydrogen) atoms. The SMILES string of the molecule is CN(C[C@@H]1CCCN(C)[C@H]1c1cnn(C)c1)c1ccnc2ccncc12. The molecule has 6 nitrogen and oxygen atoms in total. The highest BCUT2D eigenvalue weighted by atomic mass is 15.3. The second-order valence-corrected chi connectivity index (χ2v) is 7.38. The van der Waals surface area contributed by atoms with Crippen molar-refractivity contribution in [3.8, 4) is 0 Å². The topological polar surface area (TPSA) is 50.1 Å². The molecule has 0 spiro atoms. The number of pyridine rings is 2. The first-order chi connectivity index (χ1) is 12.6. The van der Waals surface area contributed by atoms with E-state index < -0.39 is 0 Å². The van der Waals surface area contributed by atoms with Crippen LogP contribution in [0.4, 0.5) is 5.69 Å². The third-order valence-corrected chi connectivity index (χ3v) is 5.51. The number of aryl methyl sites for hydroxylation is 1. The summed E-state index contributed by atoms with van der Waals surface area (Å²) in [5.74, 6) is 0.558. The normalized spacial score (nSPS) is 21.2. The minimum Gasteiger partial charge on any atom is -0.374 e. The van der Waals surface area contributed by atoms with Gasteiger partial charge in [-0.2, -0.15) is 5.10 Å². The lowest BCUT2D eigenvalue weighted by molar-refractivity contribution is 0.124. The standard InChI is InChI=1S/C20H26N6/c1-24-10-4-5-15(20(24)16-11-23-26(3)14-16)13-25(2)19-7-9-22-18-6-8-21-12-17(18)19/h6-9,11-12,14-15,20H,4-5,10,13H2,1-3H3/t15-,20+/m0/s1. The van der Waals surface area contributed by atoms with Crippen molar-refractivity contribution in [3.63, 3.8) is 0 Å². The Labute approximate surface area is 154 Å². The van der Waals surface area contributed by atoms with Crippen molar-refractivity contribution in [3.05, 3.63) is 48.7 Å². The highest BCUT2D eigenvalue weighted by molar-refractivity contribution is 5.90. The predicted octanol–water partition coefficient (Wildman–Crippen LogP) is 2.88. The zero-order valence-electron chi connectivity index (χ0n) is 15.7. The molecule has 0 unspecified atom stereocenters.